The Bertz CT molecular complexity index is 421. The Labute approximate surface area is 102 Å². The highest BCUT2D eigenvalue weighted by atomic mass is 19.4. The zero-order chi connectivity index (χ0) is 13.8. The first kappa shape index (κ1) is 14.3. The van der Waals surface area contributed by atoms with Crippen molar-refractivity contribution in [1.82, 2.24) is 9.88 Å². The molecule has 0 aliphatic heterocycles. The van der Waals surface area contributed by atoms with Gasteiger partial charge in [-0.1, -0.05) is 0 Å². The van der Waals surface area contributed by atoms with Gasteiger partial charge in [-0.05, 0) is 19.1 Å². The molecule has 1 heterocycles. The van der Waals surface area contributed by atoms with Crippen LogP contribution in [0.2, 0.25) is 0 Å². The van der Waals surface area contributed by atoms with Gasteiger partial charge in [-0.3, -0.25) is 4.79 Å². The number of aromatic nitrogens is 1. The Morgan fingerprint density at radius 1 is 1.50 bits per heavy atom. The fourth-order valence-electron chi connectivity index (χ4n) is 1.17. The number of nitrogens with zero attached hydrogens (tertiary/aromatic N) is 2. The first-order valence-electron chi connectivity index (χ1n) is 5.25. The summed E-state index contributed by atoms with van der Waals surface area (Å²) in [5, 5.41) is 0. The summed E-state index contributed by atoms with van der Waals surface area (Å²) in [6, 6.07) is 2.85. The van der Waals surface area contributed by atoms with Gasteiger partial charge in [0.05, 0.1) is 0 Å². The Morgan fingerprint density at radius 2 is 2.17 bits per heavy atom. The molecule has 0 spiro atoms. The number of pyridine rings is 1. The number of hydrogen-bond donors (Lipinski definition) is 0. The Kier molecular flexibility index (Phi) is 4.52. The van der Waals surface area contributed by atoms with Crippen LogP contribution in [0.4, 0.5) is 13.2 Å². The molecule has 0 bridgehead atoms. The van der Waals surface area contributed by atoms with Crippen LogP contribution in [0.3, 0.4) is 0 Å². The van der Waals surface area contributed by atoms with Crippen LogP contribution in [0.15, 0.2) is 18.3 Å². The number of rotatable bonds is 4. The van der Waals surface area contributed by atoms with E-state index in [-0.39, 0.29) is 11.4 Å². The summed E-state index contributed by atoms with van der Waals surface area (Å²) in [7, 11) is 1.54. The van der Waals surface area contributed by atoms with Crippen LogP contribution in [0.1, 0.15) is 17.3 Å². The van der Waals surface area contributed by atoms with Gasteiger partial charge in [-0.15, -0.1) is 0 Å². The maximum atomic E-state index is 12.1. The van der Waals surface area contributed by atoms with Gasteiger partial charge in [-0.2, -0.15) is 13.2 Å². The number of carbonyl (C=O) groups is 1. The van der Waals surface area contributed by atoms with Crippen molar-refractivity contribution in [3.8, 4) is 5.88 Å². The van der Waals surface area contributed by atoms with Crippen molar-refractivity contribution in [2.45, 2.75) is 13.1 Å². The van der Waals surface area contributed by atoms with E-state index >= 15 is 0 Å². The normalized spacial score (nSPS) is 11.2. The minimum Gasteiger partial charge on any atom is -0.467 e. The summed E-state index contributed by atoms with van der Waals surface area (Å²) >= 11 is 0. The fourth-order valence-corrected chi connectivity index (χ4v) is 1.17. The minimum atomic E-state index is -4.46. The monoisotopic (exact) mass is 262 g/mol. The first-order valence-corrected chi connectivity index (χ1v) is 5.25. The summed E-state index contributed by atoms with van der Waals surface area (Å²) < 4.78 is 40.7. The minimum absolute atomic E-state index is 0.0195. The molecule has 1 amide bonds. The lowest BCUT2D eigenvalue weighted by Crippen LogP contribution is -2.28. The highest BCUT2D eigenvalue weighted by molar-refractivity contribution is 5.96. The van der Waals surface area contributed by atoms with E-state index in [0.29, 0.717) is 6.54 Å². The van der Waals surface area contributed by atoms with Crippen LogP contribution < -0.4 is 4.74 Å². The lowest BCUT2D eigenvalue weighted by molar-refractivity contribution is -0.154. The molecule has 0 aromatic carbocycles. The van der Waals surface area contributed by atoms with Gasteiger partial charge >= 0.3 is 6.18 Å². The Morgan fingerprint density at radius 3 is 2.72 bits per heavy atom. The van der Waals surface area contributed by atoms with Crippen LogP contribution in [0.5, 0.6) is 5.88 Å². The van der Waals surface area contributed by atoms with E-state index in [4.69, 9.17) is 0 Å². The largest absolute Gasteiger partial charge is 0.467 e. The summed E-state index contributed by atoms with van der Waals surface area (Å²) in [5.74, 6) is -0.733. The van der Waals surface area contributed by atoms with E-state index in [1.807, 2.05) is 0 Å². The number of hydrogen-bond acceptors (Lipinski definition) is 3. The van der Waals surface area contributed by atoms with Gasteiger partial charge in [0.1, 0.15) is 5.56 Å². The molecule has 0 unspecified atom stereocenters. The first-order chi connectivity index (χ1) is 8.35. The molecule has 4 nitrogen and oxygen atoms in total. The number of carbonyl (C=O) groups excluding carboxylic acids is 1. The van der Waals surface area contributed by atoms with Crippen LogP contribution in [-0.4, -0.2) is 42.2 Å². The maximum Gasteiger partial charge on any atom is 0.422 e. The standard InChI is InChI=1S/C11H13F3N2O2/c1-3-16(2)10(17)8-5-4-6-15-9(8)18-7-11(12,13)14/h4-6H,3,7H2,1-2H3. The van der Waals surface area contributed by atoms with Crippen molar-refractivity contribution >= 4 is 5.91 Å². The van der Waals surface area contributed by atoms with E-state index in [2.05, 4.69) is 9.72 Å². The Hall–Kier alpha value is -1.79. The predicted octanol–water partition coefficient (Wildman–Crippen LogP) is 2.11. The van der Waals surface area contributed by atoms with E-state index in [9.17, 15) is 18.0 Å². The maximum absolute atomic E-state index is 12.1. The molecular weight excluding hydrogens is 249 g/mol. The quantitative estimate of drug-likeness (QED) is 0.834. The van der Waals surface area contributed by atoms with Crippen LogP contribution >= 0.6 is 0 Å². The van der Waals surface area contributed by atoms with E-state index in [1.165, 1.54) is 23.2 Å². The van der Waals surface area contributed by atoms with Gasteiger partial charge < -0.3 is 9.64 Å². The van der Waals surface area contributed by atoms with Gasteiger partial charge in [-0.25, -0.2) is 4.98 Å². The van der Waals surface area contributed by atoms with Crippen molar-refractivity contribution in [2.75, 3.05) is 20.2 Å². The topological polar surface area (TPSA) is 42.4 Å². The average Bonchev–Trinajstić information content (AvgIpc) is 2.34. The zero-order valence-electron chi connectivity index (χ0n) is 9.99. The number of halogens is 3. The van der Waals surface area contributed by atoms with Crippen LogP contribution in [0, 0.1) is 0 Å². The molecule has 0 N–H and O–H groups in total. The molecule has 7 heteroatoms. The lowest BCUT2D eigenvalue weighted by Gasteiger charge is -2.16. The second-order valence-corrected chi connectivity index (χ2v) is 3.58. The SMILES string of the molecule is CCN(C)C(=O)c1cccnc1OCC(F)(F)F. The molecule has 0 fully saturated rings. The molecule has 0 aliphatic rings. The van der Waals surface area contributed by atoms with Crippen LogP contribution in [-0.2, 0) is 0 Å². The van der Waals surface area contributed by atoms with Gasteiger partial charge in [0.2, 0.25) is 5.88 Å². The molecule has 100 valence electrons. The van der Waals surface area contributed by atoms with Gasteiger partial charge in [0, 0.05) is 19.8 Å². The third-order valence-electron chi connectivity index (χ3n) is 2.20. The smallest absolute Gasteiger partial charge is 0.422 e. The fraction of sp³-hybridized carbons (Fsp3) is 0.455. The summed E-state index contributed by atoms with van der Waals surface area (Å²) in [5.41, 5.74) is 0.0195. The van der Waals surface area contributed by atoms with Crippen molar-refractivity contribution < 1.29 is 22.7 Å². The molecule has 1 aromatic heterocycles. The van der Waals surface area contributed by atoms with Crippen molar-refractivity contribution in [1.29, 1.82) is 0 Å². The van der Waals surface area contributed by atoms with Crippen molar-refractivity contribution in [3.63, 3.8) is 0 Å². The highest BCUT2D eigenvalue weighted by Gasteiger charge is 2.29. The van der Waals surface area contributed by atoms with Gasteiger partial charge in [0.25, 0.3) is 5.91 Å². The predicted molar refractivity (Wildman–Crippen MR) is 58.4 cm³/mol. The molecule has 18 heavy (non-hydrogen) atoms. The number of alkyl halides is 3. The Balaban J connectivity index is 2.89. The molecule has 0 aliphatic carbocycles. The number of ether oxygens (including phenoxy) is 1. The third-order valence-corrected chi connectivity index (χ3v) is 2.20. The number of amides is 1. The molecule has 0 atom stereocenters. The summed E-state index contributed by atoms with van der Waals surface area (Å²) in [4.78, 5) is 16.9. The molecular formula is C11H13F3N2O2. The molecule has 0 saturated heterocycles. The second-order valence-electron chi connectivity index (χ2n) is 3.58. The summed E-state index contributed by atoms with van der Waals surface area (Å²) in [6.07, 6.45) is -3.19. The highest BCUT2D eigenvalue weighted by Crippen LogP contribution is 2.20. The molecule has 0 saturated carbocycles. The zero-order valence-corrected chi connectivity index (χ0v) is 9.99. The van der Waals surface area contributed by atoms with Crippen molar-refractivity contribution in [3.05, 3.63) is 23.9 Å². The van der Waals surface area contributed by atoms with E-state index in [1.54, 1.807) is 14.0 Å². The molecule has 1 rings (SSSR count). The summed E-state index contributed by atoms with van der Waals surface area (Å²) in [6.45, 7) is 0.719. The van der Waals surface area contributed by atoms with E-state index < -0.39 is 18.7 Å². The van der Waals surface area contributed by atoms with E-state index in [0.717, 1.165) is 0 Å². The molecule has 0 radical (unpaired) electrons. The molecule has 1 aromatic rings. The van der Waals surface area contributed by atoms with Crippen molar-refractivity contribution in [2.24, 2.45) is 0 Å². The van der Waals surface area contributed by atoms with Crippen LogP contribution in [0.25, 0.3) is 0 Å². The van der Waals surface area contributed by atoms with Gasteiger partial charge in [0.15, 0.2) is 6.61 Å². The average molecular weight is 262 g/mol. The lowest BCUT2D eigenvalue weighted by atomic mass is 10.2. The third kappa shape index (κ3) is 3.90. The second kappa shape index (κ2) is 5.70.